The highest BCUT2D eigenvalue weighted by molar-refractivity contribution is 5.71. The van der Waals surface area contributed by atoms with E-state index in [0.29, 0.717) is 5.75 Å². The van der Waals surface area contributed by atoms with Crippen LogP contribution in [0.4, 0.5) is 0 Å². The van der Waals surface area contributed by atoms with Crippen molar-refractivity contribution >= 4 is 0 Å². The third kappa shape index (κ3) is 5.24. The molecule has 0 atom stereocenters. The second-order valence-electron chi connectivity index (χ2n) is 12.7. The first kappa shape index (κ1) is 23.5. The monoisotopic (exact) mass is 394 g/mol. The Morgan fingerprint density at radius 2 is 0.759 bits per heavy atom. The van der Waals surface area contributed by atoms with Gasteiger partial charge in [-0.25, -0.2) is 0 Å². The van der Waals surface area contributed by atoms with Crippen LogP contribution < -0.4 is 0 Å². The van der Waals surface area contributed by atoms with E-state index in [4.69, 9.17) is 0 Å². The highest BCUT2D eigenvalue weighted by atomic mass is 16.3. The Labute approximate surface area is 179 Å². The van der Waals surface area contributed by atoms with Crippen LogP contribution in [-0.2, 0) is 21.7 Å². The van der Waals surface area contributed by atoms with Gasteiger partial charge in [0.25, 0.3) is 0 Å². The van der Waals surface area contributed by atoms with Crippen molar-refractivity contribution in [3.8, 4) is 16.9 Å². The van der Waals surface area contributed by atoms with E-state index < -0.39 is 0 Å². The second-order valence-corrected chi connectivity index (χ2v) is 12.7. The van der Waals surface area contributed by atoms with Crippen LogP contribution >= 0.6 is 0 Å². The molecule has 0 heterocycles. The molecule has 0 fully saturated rings. The van der Waals surface area contributed by atoms with Gasteiger partial charge in [-0.15, -0.1) is 0 Å². The van der Waals surface area contributed by atoms with Gasteiger partial charge in [-0.3, -0.25) is 0 Å². The van der Waals surface area contributed by atoms with Crippen molar-refractivity contribution < 1.29 is 5.11 Å². The Hall–Kier alpha value is -1.76. The summed E-state index contributed by atoms with van der Waals surface area (Å²) in [5.74, 6) is 0.441. The van der Waals surface area contributed by atoms with E-state index in [0.717, 1.165) is 11.1 Å². The first-order valence-corrected chi connectivity index (χ1v) is 10.9. The van der Waals surface area contributed by atoms with Crippen molar-refractivity contribution in [1.82, 2.24) is 0 Å². The maximum Gasteiger partial charge on any atom is 0.123 e. The largest absolute Gasteiger partial charge is 0.507 e. The number of rotatable bonds is 1. The molecule has 0 amide bonds. The molecule has 160 valence electrons. The summed E-state index contributed by atoms with van der Waals surface area (Å²) in [5.41, 5.74) is 7.04. The van der Waals surface area contributed by atoms with Crippen molar-refractivity contribution in [2.75, 3.05) is 0 Å². The van der Waals surface area contributed by atoms with Crippen LogP contribution in [0.2, 0.25) is 0 Å². The SMILES string of the molecule is CC(C)(C)c1cc(-c2cc(C(C)(C)C)c(O)c(C(C)(C)C)c2)cc(C(C)(C)C)c1. The lowest BCUT2D eigenvalue weighted by molar-refractivity contribution is 0.423. The van der Waals surface area contributed by atoms with Crippen molar-refractivity contribution in [2.45, 2.75) is 105 Å². The minimum atomic E-state index is -0.130. The maximum atomic E-state index is 11.1. The molecule has 0 radical (unpaired) electrons. The zero-order valence-electron chi connectivity index (χ0n) is 20.8. The Kier molecular flexibility index (Phi) is 5.83. The Bertz CT molecular complexity index is 821. The van der Waals surface area contributed by atoms with E-state index in [1.54, 1.807) is 0 Å². The van der Waals surface area contributed by atoms with Crippen LogP contribution in [-0.4, -0.2) is 5.11 Å². The fourth-order valence-corrected chi connectivity index (χ4v) is 3.60. The third-order valence-electron chi connectivity index (χ3n) is 5.72. The molecular weight excluding hydrogens is 352 g/mol. The highest BCUT2D eigenvalue weighted by Crippen LogP contribution is 2.43. The molecule has 0 saturated heterocycles. The third-order valence-corrected chi connectivity index (χ3v) is 5.72. The van der Waals surface area contributed by atoms with Crippen molar-refractivity contribution in [1.29, 1.82) is 0 Å². The predicted molar refractivity (Wildman–Crippen MR) is 128 cm³/mol. The van der Waals surface area contributed by atoms with E-state index in [1.807, 2.05) is 0 Å². The second kappa shape index (κ2) is 7.18. The lowest BCUT2D eigenvalue weighted by Gasteiger charge is -2.29. The van der Waals surface area contributed by atoms with Crippen molar-refractivity contribution in [2.24, 2.45) is 0 Å². The molecule has 0 bridgehead atoms. The standard InChI is InChI=1S/C28H42O/c1-25(2,3)20-13-18(14-21(17-20)26(4,5)6)19-15-22(27(7,8)9)24(29)23(16-19)28(10,11)12/h13-17,29H,1-12H3. The first-order chi connectivity index (χ1) is 12.8. The first-order valence-electron chi connectivity index (χ1n) is 10.9. The zero-order valence-corrected chi connectivity index (χ0v) is 20.8. The van der Waals surface area contributed by atoms with E-state index in [-0.39, 0.29) is 21.7 Å². The summed E-state index contributed by atoms with van der Waals surface area (Å²) >= 11 is 0. The molecule has 1 nitrogen and oxygen atoms in total. The summed E-state index contributed by atoms with van der Waals surface area (Å²) in [7, 11) is 0. The Balaban J connectivity index is 2.90. The summed E-state index contributed by atoms with van der Waals surface area (Å²) in [6.07, 6.45) is 0. The molecule has 0 aliphatic rings. The number of phenolic OH excluding ortho intramolecular Hbond substituents is 1. The minimum absolute atomic E-state index is 0.0760. The molecule has 0 aliphatic carbocycles. The number of hydrogen-bond donors (Lipinski definition) is 1. The summed E-state index contributed by atoms with van der Waals surface area (Å²) in [4.78, 5) is 0. The Morgan fingerprint density at radius 3 is 1.03 bits per heavy atom. The molecular formula is C28H42O. The highest BCUT2D eigenvalue weighted by Gasteiger charge is 2.28. The van der Waals surface area contributed by atoms with Gasteiger partial charge in [-0.2, -0.15) is 0 Å². The van der Waals surface area contributed by atoms with Crippen LogP contribution in [0.25, 0.3) is 11.1 Å². The van der Waals surface area contributed by atoms with Crippen LogP contribution in [0.3, 0.4) is 0 Å². The number of aromatic hydroxyl groups is 1. The summed E-state index contributed by atoms with van der Waals surface area (Å²) in [6, 6.07) is 11.4. The Morgan fingerprint density at radius 1 is 0.448 bits per heavy atom. The fourth-order valence-electron chi connectivity index (χ4n) is 3.60. The van der Waals surface area contributed by atoms with Gasteiger partial charge in [0, 0.05) is 11.1 Å². The van der Waals surface area contributed by atoms with Gasteiger partial charge in [0.1, 0.15) is 5.75 Å². The fraction of sp³-hybridized carbons (Fsp3) is 0.571. The average molecular weight is 395 g/mol. The number of hydrogen-bond acceptors (Lipinski definition) is 1. The molecule has 2 aromatic rings. The molecule has 0 aromatic heterocycles. The van der Waals surface area contributed by atoms with Gasteiger partial charge in [-0.1, -0.05) is 101 Å². The molecule has 2 rings (SSSR count). The van der Waals surface area contributed by atoms with E-state index in [2.05, 4.69) is 113 Å². The average Bonchev–Trinajstić information content (AvgIpc) is 2.50. The molecule has 0 unspecified atom stereocenters. The predicted octanol–water partition coefficient (Wildman–Crippen LogP) is 8.25. The van der Waals surface area contributed by atoms with Gasteiger partial charge < -0.3 is 5.11 Å². The zero-order chi connectivity index (χ0) is 22.6. The van der Waals surface area contributed by atoms with Gasteiger partial charge in [0.15, 0.2) is 0 Å². The topological polar surface area (TPSA) is 20.2 Å². The summed E-state index contributed by atoms with van der Waals surface area (Å²) < 4.78 is 0. The van der Waals surface area contributed by atoms with Crippen LogP contribution in [0, 0.1) is 0 Å². The van der Waals surface area contributed by atoms with Crippen molar-refractivity contribution in [3.63, 3.8) is 0 Å². The van der Waals surface area contributed by atoms with Crippen molar-refractivity contribution in [3.05, 3.63) is 52.6 Å². The molecule has 2 aromatic carbocycles. The number of phenols is 1. The number of benzene rings is 2. The summed E-state index contributed by atoms with van der Waals surface area (Å²) in [6.45, 7) is 26.7. The van der Waals surface area contributed by atoms with Gasteiger partial charge in [0.2, 0.25) is 0 Å². The van der Waals surface area contributed by atoms with Gasteiger partial charge >= 0.3 is 0 Å². The smallest absolute Gasteiger partial charge is 0.123 e. The minimum Gasteiger partial charge on any atom is -0.507 e. The molecule has 0 aliphatic heterocycles. The normalized spacial score (nSPS) is 13.7. The van der Waals surface area contributed by atoms with E-state index in [1.165, 1.54) is 22.3 Å². The maximum absolute atomic E-state index is 11.1. The lowest BCUT2D eigenvalue weighted by Crippen LogP contribution is -2.18. The van der Waals surface area contributed by atoms with Crippen LogP contribution in [0.1, 0.15) is 105 Å². The van der Waals surface area contributed by atoms with Crippen LogP contribution in [0.15, 0.2) is 30.3 Å². The summed E-state index contributed by atoms with van der Waals surface area (Å²) in [5, 5.41) is 11.1. The molecule has 0 saturated carbocycles. The quantitative estimate of drug-likeness (QED) is 0.516. The molecule has 29 heavy (non-hydrogen) atoms. The molecule has 1 N–H and O–H groups in total. The molecule has 0 spiro atoms. The van der Waals surface area contributed by atoms with Gasteiger partial charge in [-0.05, 0) is 56.0 Å². The van der Waals surface area contributed by atoms with Crippen LogP contribution in [0.5, 0.6) is 5.75 Å². The molecule has 1 heteroatoms. The lowest BCUT2D eigenvalue weighted by atomic mass is 9.76. The van der Waals surface area contributed by atoms with Gasteiger partial charge in [0.05, 0.1) is 0 Å². The van der Waals surface area contributed by atoms with E-state index in [9.17, 15) is 5.11 Å². The van der Waals surface area contributed by atoms with E-state index >= 15 is 0 Å².